The number of carbonyl (C=O) groups excluding carboxylic acids is 1. The summed E-state index contributed by atoms with van der Waals surface area (Å²) < 4.78 is 22.6. The molecular weight excluding hydrogens is 216 g/mol. The van der Waals surface area contributed by atoms with Gasteiger partial charge in [0.05, 0.1) is 11.5 Å². The Morgan fingerprint density at radius 2 is 2.07 bits per heavy atom. The molecule has 1 amide bonds. The van der Waals surface area contributed by atoms with Crippen LogP contribution in [0.5, 0.6) is 0 Å². The zero-order valence-corrected chi connectivity index (χ0v) is 9.85. The van der Waals surface area contributed by atoms with E-state index in [4.69, 9.17) is 0 Å². The van der Waals surface area contributed by atoms with Crippen molar-refractivity contribution in [3.8, 4) is 0 Å². The lowest BCUT2D eigenvalue weighted by atomic mass is 10.3. The molecule has 1 saturated heterocycles. The molecular formula is C9H18N2O3S. The zero-order chi connectivity index (χ0) is 11.3. The van der Waals surface area contributed by atoms with Gasteiger partial charge in [0.15, 0.2) is 9.84 Å². The van der Waals surface area contributed by atoms with Crippen LogP contribution in [0, 0.1) is 0 Å². The van der Waals surface area contributed by atoms with Crippen molar-refractivity contribution < 1.29 is 13.2 Å². The van der Waals surface area contributed by atoms with E-state index in [0.717, 1.165) is 0 Å². The molecule has 0 aromatic heterocycles. The van der Waals surface area contributed by atoms with E-state index in [1.165, 1.54) is 0 Å². The molecule has 1 rings (SSSR count). The molecule has 1 N–H and O–H groups in total. The predicted octanol–water partition coefficient (Wildman–Crippen LogP) is -0.757. The summed E-state index contributed by atoms with van der Waals surface area (Å²) in [7, 11) is -1.12. The van der Waals surface area contributed by atoms with Crippen molar-refractivity contribution in [2.75, 3.05) is 38.2 Å². The molecule has 0 aromatic rings. The highest BCUT2D eigenvalue weighted by Crippen LogP contribution is 2.06. The lowest BCUT2D eigenvalue weighted by Crippen LogP contribution is -2.35. The normalized spacial score (nSPS) is 21.0. The fraction of sp³-hybridized carbons (Fsp3) is 0.889. The molecule has 1 heterocycles. The topological polar surface area (TPSA) is 66.5 Å². The standard InChI is InChI=1S/C9H18N2O3S/c1-10-4-3-9(12)11-5-2-7-15(13,14)8-6-11/h10H,2-8H2,1H3. The Labute approximate surface area is 90.7 Å². The van der Waals surface area contributed by atoms with Crippen LogP contribution in [0.1, 0.15) is 12.8 Å². The number of carbonyl (C=O) groups is 1. The van der Waals surface area contributed by atoms with Crippen LogP contribution in [0.15, 0.2) is 0 Å². The van der Waals surface area contributed by atoms with E-state index in [2.05, 4.69) is 5.32 Å². The van der Waals surface area contributed by atoms with Gasteiger partial charge >= 0.3 is 0 Å². The average Bonchev–Trinajstić information content (AvgIpc) is 2.36. The Balaban J connectivity index is 2.47. The van der Waals surface area contributed by atoms with Crippen LogP contribution in [0.2, 0.25) is 0 Å². The van der Waals surface area contributed by atoms with E-state index in [1.807, 2.05) is 0 Å². The number of hydrogen-bond donors (Lipinski definition) is 1. The first-order valence-electron chi connectivity index (χ1n) is 5.18. The highest BCUT2D eigenvalue weighted by Gasteiger charge is 2.21. The molecule has 6 heteroatoms. The first-order valence-corrected chi connectivity index (χ1v) is 7.00. The molecule has 0 aliphatic carbocycles. The first-order chi connectivity index (χ1) is 7.05. The van der Waals surface area contributed by atoms with E-state index < -0.39 is 9.84 Å². The van der Waals surface area contributed by atoms with Crippen LogP contribution >= 0.6 is 0 Å². The predicted molar refractivity (Wildman–Crippen MR) is 58.4 cm³/mol. The minimum Gasteiger partial charge on any atom is -0.342 e. The summed E-state index contributed by atoms with van der Waals surface area (Å²) in [5, 5.41) is 2.90. The zero-order valence-electron chi connectivity index (χ0n) is 9.03. The maximum Gasteiger partial charge on any atom is 0.223 e. The molecule has 1 fully saturated rings. The quantitative estimate of drug-likeness (QED) is 0.697. The molecule has 15 heavy (non-hydrogen) atoms. The van der Waals surface area contributed by atoms with Gasteiger partial charge < -0.3 is 10.2 Å². The van der Waals surface area contributed by atoms with Gasteiger partial charge in [-0.2, -0.15) is 0 Å². The molecule has 0 bridgehead atoms. The summed E-state index contributed by atoms with van der Waals surface area (Å²) >= 11 is 0. The van der Waals surface area contributed by atoms with Crippen LogP contribution in [0.3, 0.4) is 0 Å². The summed E-state index contributed by atoms with van der Waals surface area (Å²) in [6.07, 6.45) is 1.00. The summed E-state index contributed by atoms with van der Waals surface area (Å²) in [6, 6.07) is 0. The van der Waals surface area contributed by atoms with Crippen molar-refractivity contribution in [3.63, 3.8) is 0 Å². The maximum atomic E-state index is 11.6. The molecule has 0 saturated carbocycles. The molecule has 0 aromatic carbocycles. The molecule has 1 aliphatic rings. The van der Waals surface area contributed by atoms with Gasteiger partial charge in [-0.1, -0.05) is 0 Å². The second-order valence-corrected chi connectivity index (χ2v) is 6.04. The molecule has 88 valence electrons. The van der Waals surface area contributed by atoms with E-state index >= 15 is 0 Å². The lowest BCUT2D eigenvalue weighted by Gasteiger charge is -2.19. The lowest BCUT2D eigenvalue weighted by molar-refractivity contribution is -0.130. The van der Waals surface area contributed by atoms with E-state index in [9.17, 15) is 13.2 Å². The summed E-state index contributed by atoms with van der Waals surface area (Å²) in [6.45, 7) is 1.56. The molecule has 0 atom stereocenters. The van der Waals surface area contributed by atoms with Crippen molar-refractivity contribution >= 4 is 15.7 Å². The summed E-state index contributed by atoms with van der Waals surface area (Å²) in [4.78, 5) is 13.3. The Morgan fingerprint density at radius 1 is 1.33 bits per heavy atom. The second kappa shape index (κ2) is 5.46. The van der Waals surface area contributed by atoms with Gasteiger partial charge in [-0.15, -0.1) is 0 Å². The van der Waals surface area contributed by atoms with E-state index in [0.29, 0.717) is 32.5 Å². The van der Waals surface area contributed by atoms with Gasteiger partial charge in [0.25, 0.3) is 0 Å². The third-order valence-corrected chi connectivity index (χ3v) is 4.21. The Hall–Kier alpha value is -0.620. The smallest absolute Gasteiger partial charge is 0.223 e. The van der Waals surface area contributed by atoms with Gasteiger partial charge in [0, 0.05) is 26.1 Å². The minimum absolute atomic E-state index is 0.0430. The molecule has 0 spiro atoms. The van der Waals surface area contributed by atoms with Crippen LogP contribution < -0.4 is 5.32 Å². The molecule has 1 aliphatic heterocycles. The number of nitrogens with zero attached hydrogens (tertiary/aromatic N) is 1. The van der Waals surface area contributed by atoms with Crippen LogP contribution in [0.25, 0.3) is 0 Å². The Kier molecular flexibility index (Phi) is 4.53. The van der Waals surface area contributed by atoms with Gasteiger partial charge in [-0.3, -0.25) is 4.79 Å². The van der Waals surface area contributed by atoms with Gasteiger partial charge in [0.2, 0.25) is 5.91 Å². The average molecular weight is 234 g/mol. The number of hydrogen-bond acceptors (Lipinski definition) is 4. The van der Waals surface area contributed by atoms with Gasteiger partial charge in [-0.25, -0.2) is 8.42 Å². The fourth-order valence-electron chi connectivity index (χ4n) is 1.58. The number of nitrogens with one attached hydrogen (secondary N) is 1. The Bertz CT molecular complexity index is 313. The van der Waals surface area contributed by atoms with Gasteiger partial charge in [0.1, 0.15) is 0 Å². The fourth-order valence-corrected chi connectivity index (χ4v) is 2.85. The number of sulfone groups is 1. The molecule has 0 unspecified atom stereocenters. The Morgan fingerprint density at radius 3 is 2.73 bits per heavy atom. The van der Waals surface area contributed by atoms with E-state index in [-0.39, 0.29) is 17.4 Å². The summed E-state index contributed by atoms with van der Waals surface area (Å²) in [5.41, 5.74) is 0. The number of rotatable bonds is 3. The summed E-state index contributed by atoms with van der Waals surface area (Å²) in [5.74, 6) is 0.364. The maximum absolute atomic E-state index is 11.6. The van der Waals surface area contributed by atoms with Crippen molar-refractivity contribution in [3.05, 3.63) is 0 Å². The first kappa shape index (κ1) is 12.4. The highest BCUT2D eigenvalue weighted by molar-refractivity contribution is 7.91. The third kappa shape index (κ3) is 4.17. The second-order valence-electron chi connectivity index (χ2n) is 3.74. The van der Waals surface area contributed by atoms with Gasteiger partial charge in [-0.05, 0) is 13.5 Å². The molecule has 5 nitrogen and oxygen atoms in total. The molecule has 0 radical (unpaired) electrons. The van der Waals surface area contributed by atoms with Crippen molar-refractivity contribution in [1.82, 2.24) is 10.2 Å². The van der Waals surface area contributed by atoms with Crippen LogP contribution in [-0.2, 0) is 14.6 Å². The van der Waals surface area contributed by atoms with E-state index in [1.54, 1.807) is 11.9 Å². The van der Waals surface area contributed by atoms with Crippen LogP contribution in [0.4, 0.5) is 0 Å². The largest absolute Gasteiger partial charge is 0.342 e. The monoisotopic (exact) mass is 234 g/mol. The minimum atomic E-state index is -2.92. The van der Waals surface area contributed by atoms with Crippen molar-refractivity contribution in [2.24, 2.45) is 0 Å². The van der Waals surface area contributed by atoms with Crippen LogP contribution in [-0.4, -0.2) is 57.4 Å². The van der Waals surface area contributed by atoms with Crippen molar-refractivity contribution in [1.29, 1.82) is 0 Å². The van der Waals surface area contributed by atoms with Crippen molar-refractivity contribution in [2.45, 2.75) is 12.8 Å². The SMILES string of the molecule is CNCCC(=O)N1CCCS(=O)(=O)CC1. The third-order valence-electron chi connectivity index (χ3n) is 2.50. The number of amides is 1. The highest BCUT2D eigenvalue weighted by atomic mass is 32.2.